The highest BCUT2D eigenvalue weighted by Crippen LogP contribution is 2.39. The molecule has 1 saturated heterocycles. The Morgan fingerprint density at radius 1 is 0.827 bits per heavy atom. The van der Waals surface area contributed by atoms with Gasteiger partial charge in [-0.25, -0.2) is 0 Å². The maximum atomic E-state index is 12.4. The maximum Gasteiger partial charge on any atom is 0.303 e. The number of aliphatic hydroxyl groups excluding tert-OH is 2. The number of nitrogens with zero attached hydrogens (tertiary/aromatic N) is 1. The summed E-state index contributed by atoms with van der Waals surface area (Å²) >= 11 is 0. The first-order chi connectivity index (χ1) is 25.2. The fraction of sp³-hybridized carbons (Fsp3) is 0.381. The molecule has 10 heteroatoms. The SMILES string of the molecule is CN(C[C@@H]1C[C@H](c2ccc(CO)cc2)O[C@H](c2ccc(-c3cccc(CNC(=O)CCCCCCC(=O)O)c3)cc2)O1)C[C@@H](O)c1cccc(O)c1. The topological polar surface area (TPSA) is 149 Å². The lowest BCUT2D eigenvalue weighted by atomic mass is 9.98. The smallest absolute Gasteiger partial charge is 0.303 e. The lowest BCUT2D eigenvalue weighted by molar-refractivity contribution is -0.252. The van der Waals surface area contributed by atoms with Crippen molar-refractivity contribution in [2.75, 3.05) is 20.1 Å². The Morgan fingerprint density at radius 2 is 1.54 bits per heavy atom. The minimum absolute atomic E-state index is 0.0136. The van der Waals surface area contributed by atoms with Crippen LogP contribution in [0.15, 0.2) is 97.1 Å². The van der Waals surface area contributed by atoms with Gasteiger partial charge >= 0.3 is 5.97 Å². The molecule has 5 rings (SSSR count). The number of aliphatic hydroxyl groups is 2. The van der Waals surface area contributed by atoms with Crippen molar-refractivity contribution < 1.29 is 39.5 Å². The number of unbranched alkanes of at least 4 members (excludes halogenated alkanes) is 3. The van der Waals surface area contributed by atoms with Gasteiger partial charge in [-0.1, -0.05) is 91.7 Å². The second-order valence-corrected chi connectivity index (χ2v) is 13.6. The number of benzene rings is 4. The minimum Gasteiger partial charge on any atom is -0.508 e. The molecule has 4 aromatic carbocycles. The number of phenolic OH excluding ortho intramolecular Hbond substituents is 1. The van der Waals surface area contributed by atoms with Gasteiger partial charge in [0.15, 0.2) is 6.29 Å². The van der Waals surface area contributed by atoms with Crippen molar-refractivity contribution in [3.63, 3.8) is 0 Å². The Labute approximate surface area is 305 Å². The van der Waals surface area contributed by atoms with Crippen LogP contribution in [0.25, 0.3) is 11.1 Å². The number of amides is 1. The Balaban J connectivity index is 1.21. The van der Waals surface area contributed by atoms with Gasteiger partial charge in [0.2, 0.25) is 5.91 Å². The van der Waals surface area contributed by atoms with Gasteiger partial charge in [0.05, 0.1) is 24.9 Å². The number of rotatable bonds is 18. The Bertz CT molecular complexity index is 1730. The van der Waals surface area contributed by atoms with Gasteiger partial charge < -0.3 is 40.1 Å². The summed E-state index contributed by atoms with van der Waals surface area (Å²) in [4.78, 5) is 25.0. The number of carbonyl (C=O) groups excluding carboxylic acids is 1. The van der Waals surface area contributed by atoms with Crippen molar-refractivity contribution in [2.24, 2.45) is 0 Å². The van der Waals surface area contributed by atoms with E-state index < -0.39 is 18.4 Å². The van der Waals surface area contributed by atoms with E-state index >= 15 is 0 Å². The summed E-state index contributed by atoms with van der Waals surface area (Å²) in [7, 11) is 1.94. The van der Waals surface area contributed by atoms with Gasteiger partial charge in [-0.15, -0.1) is 0 Å². The van der Waals surface area contributed by atoms with Crippen molar-refractivity contribution in [2.45, 2.75) is 82.7 Å². The average molecular weight is 711 g/mol. The van der Waals surface area contributed by atoms with Crippen LogP contribution in [0.4, 0.5) is 0 Å². The minimum atomic E-state index is -0.783. The molecule has 4 atom stereocenters. The van der Waals surface area contributed by atoms with Crippen LogP contribution in [-0.2, 0) is 32.2 Å². The van der Waals surface area contributed by atoms with Crippen molar-refractivity contribution in [3.05, 3.63) is 125 Å². The molecule has 1 heterocycles. The van der Waals surface area contributed by atoms with Gasteiger partial charge in [-0.05, 0) is 71.5 Å². The van der Waals surface area contributed by atoms with Crippen molar-refractivity contribution in [3.8, 4) is 16.9 Å². The number of nitrogens with one attached hydrogen (secondary N) is 1. The molecule has 1 aliphatic rings. The molecule has 5 N–H and O–H groups in total. The number of hydrogen-bond acceptors (Lipinski definition) is 8. The van der Waals surface area contributed by atoms with Crippen LogP contribution in [0.5, 0.6) is 5.75 Å². The number of carboxylic acid groups (broad SMARTS) is 1. The van der Waals surface area contributed by atoms with Crippen LogP contribution in [0.3, 0.4) is 0 Å². The normalized spacial score (nSPS) is 17.9. The molecule has 0 unspecified atom stereocenters. The number of hydrogen-bond donors (Lipinski definition) is 5. The molecular weight excluding hydrogens is 660 g/mol. The fourth-order valence-electron chi connectivity index (χ4n) is 6.49. The summed E-state index contributed by atoms with van der Waals surface area (Å²) < 4.78 is 13.1. The second kappa shape index (κ2) is 19.3. The number of phenols is 1. The third kappa shape index (κ3) is 11.7. The van der Waals surface area contributed by atoms with Crippen molar-refractivity contribution in [1.29, 1.82) is 0 Å². The summed E-state index contributed by atoms with van der Waals surface area (Å²) in [5, 5.41) is 42.0. The van der Waals surface area contributed by atoms with Gasteiger partial charge in [0.1, 0.15) is 5.75 Å². The molecular formula is C42H50N2O8. The lowest BCUT2D eigenvalue weighted by Crippen LogP contribution is -2.39. The number of ether oxygens (including phenoxy) is 2. The largest absolute Gasteiger partial charge is 0.508 e. The predicted octanol–water partition coefficient (Wildman–Crippen LogP) is 6.80. The van der Waals surface area contributed by atoms with E-state index in [0.717, 1.165) is 52.6 Å². The van der Waals surface area contributed by atoms with Crippen LogP contribution >= 0.6 is 0 Å². The third-order valence-corrected chi connectivity index (χ3v) is 9.35. The van der Waals surface area contributed by atoms with Gasteiger partial charge in [-0.2, -0.15) is 0 Å². The second-order valence-electron chi connectivity index (χ2n) is 13.6. The van der Waals surface area contributed by atoms with E-state index in [0.29, 0.717) is 44.5 Å². The van der Waals surface area contributed by atoms with Gasteiger partial charge in [-0.3, -0.25) is 9.59 Å². The van der Waals surface area contributed by atoms with E-state index in [1.165, 1.54) is 0 Å². The summed E-state index contributed by atoms with van der Waals surface area (Å²) in [6.07, 6.45) is 2.38. The highest BCUT2D eigenvalue weighted by atomic mass is 16.7. The van der Waals surface area contributed by atoms with Crippen LogP contribution < -0.4 is 5.32 Å². The lowest BCUT2D eigenvalue weighted by Gasteiger charge is -2.38. The molecule has 0 aliphatic carbocycles. The zero-order valence-electron chi connectivity index (χ0n) is 29.7. The number of carboxylic acids is 1. The van der Waals surface area contributed by atoms with E-state index in [1.54, 1.807) is 24.3 Å². The molecule has 0 aromatic heterocycles. The molecule has 0 spiro atoms. The number of likely N-dealkylation sites (N-methyl/N-ethyl adjacent to an activating group) is 1. The molecule has 276 valence electrons. The molecule has 52 heavy (non-hydrogen) atoms. The Hall–Kier alpha value is -4.58. The molecule has 10 nitrogen and oxygen atoms in total. The van der Waals surface area contributed by atoms with Gasteiger partial charge in [0, 0.05) is 44.5 Å². The number of carbonyl (C=O) groups is 2. The Morgan fingerprint density at radius 3 is 2.25 bits per heavy atom. The zero-order valence-corrected chi connectivity index (χ0v) is 29.7. The first kappa shape index (κ1) is 38.6. The van der Waals surface area contributed by atoms with E-state index in [2.05, 4.69) is 11.4 Å². The van der Waals surface area contributed by atoms with Crippen molar-refractivity contribution >= 4 is 11.9 Å². The summed E-state index contributed by atoms with van der Waals surface area (Å²) in [6, 6.07) is 30.6. The quantitative estimate of drug-likeness (QED) is 0.0703. The molecule has 1 amide bonds. The van der Waals surface area contributed by atoms with Crippen LogP contribution in [0, 0.1) is 0 Å². The monoisotopic (exact) mass is 710 g/mol. The fourth-order valence-corrected chi connectivity index (χ4v) is 6.49. The van der Waals surface area contributed by atoms with Crippen LogP contribution in [-0.4, -0.2) is 63.4 Å². The first-order valence-corrected chi connectivity index (χ1v) is 18.0. The van der Waals surface area contributed by atoms with Gasteiger partial charge in [0.25, 0.3) is 0 Å². The summed E-state index contributed by atoms with van der Waals surface area (Å²) in [5.41, 5.74) is 6.37. The molecule has 4 aromatic rings. The van der Waals surface area contributed by atoms with E-state index in [-0.39, 0.29) is 36.9 Å². The number of aliphatic carboxylic acids is 1. The predicted molar refractivity (Wildman–Crippen MR) is 198 cm³/mol. The van der Waals surface area contributed by atoms with E-state index in [1.807, 2.05) is 78.7 Å². The Kier molecular flexibility index (Phi) is 14.4. The highest BCUT2D eigenvalue weighted by molar-refractivity contribution is 5.76. The first-order valence-electron chi connectivity index (χ1n) is 18.0. The van der Waals surface area contributed by atoms with Crippen molar-refractivity contribution in [1.82, 2.24) is 10.2 Å². The average Bonchev–Trinajstić information content (AvgIpc) is 3.15. The number of aromatic hydroxyl groups is 1. The van der Waals surface area contributed by atoms with Crippen LogP contribution in [0.1, 0.15) is 91.3 Å². The molecule has 0 bridgehead atoms. The zero-order chi connectivity index (χ0) is 36.9. The standard InChI is InChI=1S/C42H50N2O8/c1-44(27-38(47)35-10-7-11-36(46)23-35)26-37-24-39(32-16-14-29(28-45)15-17-32)52-42(51-37)33-20-18-31(19-21-33)34-9-6-8-30(22-34)25-43-40(48)12-4-2-3-5-13-41(49)50/h6-11,14-23,37-39,42,45-47H,2-5,12-13,24-28H2,1H3,(H,43,48)(H,49,50)/t37-,38+,39+,42+/m0/s1. The summed E-state index contributed by atoms with van der Waals surface area (Å²) in [6.45, 7) is 1.30. The molecule has 1 aliphatic heterocycles. The highest BCUT2D eigenvalue weighted by Gasteiger charge is 2.33. The molecule has 0 radical (unpaired) electrons. The maximum absolute atomic E-state index is 12.4. The van der Waals surface area contributed by atoms with E-state index in [9.17, 15) is 24.9 Å². The third-order valence-electron chi connectivity index (χ3n) is 9.35. The van der Waals surface area contributed by atoms with Crippen LogP contribution in [0.2, 0.25) is 0 Å². The summed E-state index contributed by atoms with van der Waals surface area (Å²) in [5.74, 6) is -0.683. The molecule has 1 fully saturated rings. The van der Waals surface area contributed by atoms with E-state index in [4.69, 9.17) is 14.6 Å². The molecule has 0 saturated carbocycles.